The van der Waals surface area contributed by atoms with Crippen LogP contribution in [0.2, 0.25) is 0 Å². The van der Waals surface area contributed by atoms with Crippen LogP contribution in [0.4, 0.5) is 5.69 Å². The molecule has 1 aromatic rings. The predicted molar refractivity (Wildman–Crippen MR) is 91.3 cm³/mol. The highest BCUT2D eigenvalue weighted by Crippen LogP contribution is 2.55. The molecule has 2 unspecified atom stereocenters. The SMILES string of the molecule is CCN(CC)C(=O)c1ccc(NC(=O)C2C3CCCCC32)cc1. The molecule has 2 saturated carbocycles. The van der Waals surface area contributed by atoms with Crippen LogP contribution in [-0.2, 0) is 4.79 Å². The summed E-state index contributed by atoms with van der Waals surface area (Å²) in [7, 11) is 0. The Morgan fingerprint density at radius 3 is 2.13 bits per heavy atom. The van der Waals surface area contributed by atoms with Crippen LogP contribution in [0, 0.1) is 17.8 Å². The lowest BCUT2D eigenvalue weighted by atomic mass is 10.0. The Kier molecular flexibility index (Phi) is 4.69. The fourth-order valence-electron chi connectivity index (χ4n) is 4.00. The molecule has 0 bridgehead atoms. The molecule has 124 valence electrons. The Labute approximate surface area is 138 Å². The summed E-state index contributed by atoms with van der Waals surface area (Å²) in [5, 5.41) is 3.02. The van der Waals surface area contributed by atoms with Gasteiger partial charge >= 0.3 is 0 Å². The number of nitrogens with zero attached hydrogens (tertiary/aromatic N) is 1. The van der Waals surface area contributed by atoms with Gasteiger partial charge in [-0.3, -0.25) is 9.59 Å². The van der Waals surface area contributed by atoms with Crippen molar-refractivity contribution in [3.8, 4) is 0 Å². The number of nitrogens with one attached hydrogen (secondary N) is 1. The normalized spacial score (nSPS) is 25.4. The lowest BCUT2D eigenvalue weighted by molar-refractivity contribution is -0.117. The lowest BCUT2D eigenvalue weighted by Crippen LogP contribution is -2.30. The number of benzene rings is 1. The molecule has 0 aliphatic heterocycles. The van der Waals surface area contributed by atoms with Gasteiger partial charge in [0.2, 0.25) is 5.91 Å². The zero-order valence-electron chi connectivity index (χ0n) is 14.0. The van der Waals surface area contributed by atoms with E-state index in [2.05, 4.69) is 5.32 Å². The summed E-state index contributed by atoms with van der Waals surface area (Å²) < 4.78 is 0. The third-order valence-electron chi connectivity index (χ3n) is 5.41. The van der Waals surface area contributed by atoms with Gasteiger partial charge in [0.15, 0.2) is 0 Å². The monoisotopic (exact) mass is 314 g/mol. The van der Waals surface area contributed by atoms with E-state index in [1.807, 2.05) is 26.0 Å². The van der Waals surface area contributed by atoms with Gasteiger partial charge < -0.3 is 10.2 Å². The van der Waals surface area contributed by atoms with E-state index in [0.29, 0.717) is 30.5 Å². The van der Waals surface area contributed by atoms with Gasteiger partial charge in [-0.15, -0.1) is 0 Å². The van der Waals surface area contributed by atoms with E-state index in [1.165, 1.54) is 25.7 Å². The fraction of sp³-hybridized carbons (Fsp3) is 0.579. The first-order valence-electron chi connectivity index (χ1n) is 8.86. The van der Waals surface area contributed by atoms with Crippen LogP contribution in [0.1, 0.15) is 49.9 Å². The number of carbonyl (C=O) groups is 2. The molecule has 0 radical (unpaired) electrons. The highest BCUT2D eigenvalue weighted by molar-refractivity contribution is 5.97. The van der Waals surface area contributed by atoms with Crippen LogP contribution < -0.4 is 5.32 Å². The van der Waals surface area contributed by atoms with Crippen molar-refractivity contribution < 1.29 is 9.59 Å². The van der Waals surface area contributed by atoms with E-state index < -0.39 is 0 Å². The summed E-state index contributed by atoms with van der Waals surface area (Å²) in [6.07, 6.45) is 4.96. The number of carbonyl (C=O) groups excluding carboxylic acids is 2. The molecule has 1 N–H and O–H groups in total. The third-order valence-corrected chi connectivity index (χ3v) is 5.41. The summed E-state index contributed by atoms with van der Waals surface area (Å²) in [4.78, 5) is 26.4. The highest BCUT2D eigenvalue weighted by Gasteiger charge is 2.54. The Morgan fingerprint density at radius 1 is 1.04 bits per heavy atom. The first-order valence-corrected chi connectivity index (χ1v) is 8.86. The van der Waals surface area contributed by atoms with Crippen molar-refractivity contribution in [2.45, 2.75) is 39.5 Å². The van der Waals surface area contributed by atoms with Crippen LogP contribution in [0.15, 0.2) is 24.3 Å². The minimum atomic E-state index is 0.0427. The number of anilines is 1. The van der Waals surface area contributed by atoms with Crippen LogP contribution in [0.3, 0.4) is 0 Å². The molecule has 0 saturated heterocycles. The molecule has 4 nitrogen and oxygen atoms in total. The maximum Gasteiger partial charge on any atom is 0.253 e. The Hall–Kier alpha value is -1.84. The molecule has 0 aromatic heterocycles. The fourth-order valence-corrected chi connectivity index (χ4v) is 4.00. The average Bonchev–Trinajstić information content (AvgIpc) is 3.31. The lowest BCUT2D eigenvalue weighted by Gasteiger charge is -2.18. The van der Waals surface area contributed by atoms with Crippen LogP contribution >= 0.6 is 0 Å². The summed E-state index contributed by atoms with van der Waals surface area (Å²) in [5.41, 5.74) is 1.46. The molecule has 2 fully saturated rings. The molecule has 3 rings (SSSR count). The first kappa shape index (κ1) is 16.0. The van der Waals surface area contributed by atoms with Gasteiger partial charge in [0, 0.05) is 30.3 Å². The molecule has 2 aliphatic rings. The largest absolute Gasteiger partial charge is 0.339 e. The van der Waals surface area contributed by atoms with Gasteiger partial charge in [0.25, 0.3) is 5.91 Å². The maximum atomic E-state index is 12.4. The number of amides is 2. The van der Waals surface area contributed by atoms with Gasteiger partial charge in [-0.2, -0.15) is 0 Å². The zero-order valence-corrected chi connectivity index (χ0v) is 14.0. The molecule has 0 spiro atoms. The van der Waals surface area contributed by atoms with Gasteiger partial charge in [-0.1, -0.05) is 12.8 Å². The molecule has 2 amide bonds. The molecule has 2 aliphatic carbocycles. The topological polar surface area (TPSA) is 49.4 Å². The maximum absolute atomic E-state index is 12.4. The zero-order chi connectivity index (χ0) is 16.4. The molecule has 1 aromatic carbocycles. The van der Waals surface area contributed by atoms with Crippen molar-refractivity contribution >= 4 is 17.5 Å². The third kappa shape index (κ3) is 3.26. The predicted octanol–water partition coefficient (Wildman–Crippen LogP) is 3.54. The van der Waals surface area contributed by atoms with Crippen molar-refractivity contribution in [3.63, 3.8) is 0 Å². The van der Waals surface area contributed by atoms with E-state index in [9.17, 15) is 9.59 Å². The molecular formula is C19H26N2O2. The van der Waals surface area contributed by atoms with E-state index in [0.717, 1.165) is 5.69 Å². The van der Waals surface area contributed by atoms with Crippen LogP contribution in [0.5, 0.6) is 0 Å². The van der Waals surface area contributed by atoms with Gasteiger partial charge in [-0.25, -0.2) is 0 Å². The Balaban J connectivity index is 1.59. The Morgan fingerprint density at radius 2 is 1.61 bits per heavy atom. The van der Waals surface area contributed by atoms with Crippen molar-refractivity contribution in [2.75, 3.05) is 18.4 Å². The van der Waals surface area contributed by atoms with Crippen molar-refractivity contribution in [2.24, 2.45) is 17.8 Å². The van der Waals surface area contributed by atoms with E-state index >= 15 is 0 Å². The summed E-state index contributed by atoms with van der Waals surface area (Å²) in [6.45, 7) is 5.37. The van der Waals surface area contributed by atoms with Crippen LogP contribution in [0.25, 0.3) is 0 Å². The summed E-state index contributed by atoms with van der Waals surface area (Å²) in [6, 6.07) is 7.27. The standard InChI is InChI=1S/C19H26N2O2/c1-3-21(4-2)19(23)13-9-11-14(12-10-13)20-18(22)17-15-7-5-6-8-16(15)17/h9-12,15-17H,3-8H2,1-2H3,(H,20,22). The average molecular weight is 314 g/mol. The molecule has 4 heteroatoms. The number of hydrogen-bond acceptors (Lipinski definition) is 2. The van der Waals surface area contributed by atoms with E-state index in [-0.39, 0.29) is 17.7 Å². The van der Waals surface area contributed by atoms with Crippen molar-refractivity contribution in [1.82, 2.24) is 4.90 Å². The number of rotatable bonds is 5. The van der Waals surface area contributed by atoms with Gasteiger partial charge in [0.1, 0.15) is 0 Å². The minimum Gasteiger partial charge on any atom is -0.339 e. The first-order chi connectivity index (χ1) is 11.2. The van der Waals surface area contributed by atoms with E-state index in [1.54, 1.807) is 17.0 Å². The summed E-state index contributed by atoms with van der Waals surface area (Å²) >= 11 is 0. The molecule has 23 heavy (non-hydrogen) atoms. The summed E-state index contributed by atoms with van der Waals surface area (Å²) in [5.74, 6) is 1.65. The Bertz CT molecular complexity index is 566. The van der Waals surface area contributed by atoms with E-state index in [4.69, 9.17) is 0 Å². The molecule has 2 atom stereocenters. The molecule has 0 heterocycles. The quantitative estimate of drug-likeness (QED) is 0.903. The minimum absolute atomic E-state index is 0.0427. The highest BCUT2D eigenvalue weighted by atomic mass is 16.2. The smallest absolute Gasteiger partial charge is 0.253 e. The second kappa shape index (κ2) is 6.73. The van der Waals surface area contributed by atoms with Gasteiger partial charge in [0.05, 0.1) is 0 Å². The number of fused-ring (bicyclic) bond motifs is 1. The molecular weight excluding hydrogens is 288 g/mol. The number of hydrogen-bond donors (Lipinski definition) is 1. The second-order valence-corrected chi connectivity index (χ2v) is 6.68. The van der Waals surface area contributed by atoms with Crippen molar-refractivity contribution in [3.05, 3.63) is 29.8 Å². The van der Waals surface area contributed by atoms with Crippen molar-refractivity contribution in [1.29, 1.82) is 0 Å². The second-order valence-electron chi connectivity index (χ2n) is 6.68. The van der Waals surface area contributed by atoms with Crippen LogP contribution in [-0.4, -0.2) is 29.8 Å². The van der Waals surface area contributed by atoms with Gasteiger partial charge in [-0.05, 0) is 62.8 Å².